The molecule has 0 aromatic heterocycles. The van der Waals surface area contributed by atoms with E-state index in [0.717, 1.165) is 22.1 Å². The molecule has 0 bridgehead atoms. The zero-order valence-corrected chi connectivity index (χ0v) is 12.0. The molecule has 0 aliphatic rings. The quantitative estimate of drug-likeness (QED) is 0.300. The minimum atomic E-state index is 0.861. The van der Waals surface area contributed by atoms with Crippen LogP contribution >= 0.6 is 0 Å². The van der Waals surface area contributed by atoms with E-state index in [0.29, 0.717) is 0 Å². The van der Waals surface area contributed by atoms with Gasteiger partial charge in [0.25, 0.3) is 0 Å². The summed E-state index contributed by atoms with van der Waals surface area (Å²) in [6.45, 7) is 0. The van der Waals surface area contributed by atoms with Gasteiger partial charge in [0.15, 0.2) is 0 Å². The van der Waals surface area contributed by atoms with Crippen molar-refractivity contribution in [3.63, 3.8) is 0 Å². The van der Waals surface area contributed by atoms with Gasteiger partial charge in [-0.05, 0) is 29.0 Å². The molecule has 4 aromatic rings. The third-order valence-electron chi connectivity index (χ3n) is 3.76. The predicted molar refractivity (Wildman–Crippen MR) is 92.1 cm³/mol. The van der Waals surface area contributed by atoms with Gasteiger partial charge in [-0.3, -0.25) is 0 Å². The number of hydrogen-bond donors (Lipinski definition) is 0. The highest BCUT2D eigenvalue weighted by Gasteiger charge is 2.06. The highest BCUT2D eigenvalue weighted by atomic mass is 15.1. The number of hydrogen-bond acceptors (Lipinski definition) is 2. The molecule has 4 rings (SSSR count). The van der Waals surface area contributed by atoms with Gasteiger partial charge in [0.1, 0.15) is 5.69 Å². The summed E-state index contributed by atoms with van der Waals surface area (Å²) < 4.78 is 0. The number of azo groups is 1. The maximum atomic E-state index is 4.56. The maximum Gasteiger partial charge on any atom is 0.101 e. The molecule has 0 heterocycles. The van der Waals surface area contributed by atoms with E-state index in [1.807, 2.05) is 42.5 Å². The van der Waals surface area contributed by atoms with Crippen LogP contribution in [0.4, 0.5) is 11.4 Å². The molecule has 0 N–H and O–H groups in total. The molecule has 4 aromatic carbocycles. The maximum absolute atomic E-state index is 4.56. The first-order chi connectivity index (χ1) is 10.9. The molecule has 0 radical (unpaired) electrons. The number of rotatable bonds is 2. The molecule has 0 saturated carbocycles. The average Bonchev–Trinajstić information content (AvgIpc) is 2.59. The van der Waals surface area contributed by atoms with E-state index in [9.17, 15) is 0 Å². The van der Waals surface area contributed by atoms with Crippen molar-refractivity contribution < 1.29 is 0 Å². The standard InChI is InChI=1S/C20H14N2/c1-2-10-17(11-3-1)21-22-20-18-12-6-4-8-15(18)14-16-9-5-7-13-19(16)20/h1-14H. The van der Waals surface area contributed by atoms with Gasteiger partial charge in [-0.1, -0.05) is 66.7 Å². The van der Waals surface area contributed by atoms with Gasteiger partial charge in [0, 0.05) is 10.8 Å². The molecule has 0 amide bonds. The molecule has 0 aliphatic carbocycles. The smallest absolute Gasteiger partial charge is 0.101 e. The van der Waals surface area contributed by atoms with E-state index < -0.39 is 0 Å². The van der Waals surface area contributed by atoms with Crippen molar-refractivity contribution in [1.29, 1.82) is 0 Å². The van der Waals surface area contributed by atoms with Gasteiger partial charge in [0.2, 0.25) is 0 Å². The highest BCUT2D eigenvalue weighted by molar-refractivity contribution is 6.09. The molecule has 2 heteroatoms. The normalized spacial score (nSPS) is 11.5. The van der Waals surface area contributed by atoms with Gasteiger partial charge in [-0.15, -0.1) is 5.11 Å². The lowest BCUT2D eigenvalue weighted by molar-refractivity contribution is 1.25. The van der Waals surface area contributed by atoms with Crippen LogP contribution in [0, 0.1) is 0 Å². The fraction of sp³-hybridized carbons (Fsp3) is 0. The summed E-state index contributed by atoms with van der Waals surface area (Å²) in [5, 5.41) is 13.6. The Morgan fingerprint density at radius 2 is 1.05 bits per heavy atom. The SMILES string of the molecule is c1ccc(N=Nc2c3ccccc3cc3ccccc23)cc1. The molecule has 0 spiro atoms. The Hall–Kier alpha value is -3.00. The zero-order valence-electron chi connectivity index (χ0n) is 12.0. The fourth-order valence-corrected chi connectivity index (χ4v) is 2.70. The summed E-state index contributed by atoms with van der Waals surface area (Å²) in [6.07, 6.45) is 0. The second-order valence-electron chi connectivity index (χ2n) is 5.20. The molecule has 0 atom stereocenters. The Morgan fingerprint density at radius 1 is 0.500 bits per heavy atom. The van der Waals surface area contributed by atoms with Crippen molar-refractivity contribution in [3.05, 3.63) is 84.9 Å². The summed E-state index contributed by atoms with van der Waals surface area (Å²) in [4.78, 5) is 0. The van der Waals surface area contributed by atoms with Crippen LogP contribution < -0.4 is 0 Å². The summed E-state index contributed by atoms with van der Waals surface area (Å²) >= 11 is 0. The van der Waals surface area contributed by atoms with E-state index in [1.165, 1.54) is 10.8 Å². The third-order valence-corrected chi connectivity index (χ3v) is 3.76. The first kappa shape index (κ1) is 12.7. The number of nitrogens with zero attached hydrogens (tertiary/aromatic N) is 2. The second-order valence-corrected chi connectivity index (χ2v) is 5.20. The zero-order chi connectivity index (χ0) is 14.8. The van der Waals surface area contributed by atoms with Gasteiger partial charge in [-0.2, -0.15) is 5.11 Å². The van der Waals surface area contributed by atoms with Gasteiger partial charge < -0.3 is 0 Å². The van der Waals surface area contributed by atoms with Gasteiger partial charge >= 0.3 is 0 Å². The Kier molecular flexibility index (Phi) is 3.13. The van der Waals surface area contributed by atoms with Gasteiger partial charge in [-0.25, -0.2) is 0 Å². The molecule has 22 heavy (non-hydrogen) atoms. The van der Waals surface area contributed by atoms with Gasteiger partial charge in [0.05, 0.1) is 5.69 Å². The van der Waals surface area contributed by atoms with Crippen molar-refractivity contribution in [2.45, 2.75) is 0 Å². The largest absolute Gasteiger partial charge is 0.151 e. The van der Waals surface area contributed by atoms with Crippen LogP contribution in [0.25, 0.3) is 21.5 Å². The van der Waals surface area contributed by atoms with Crippen molar-refractivity contribution in [1.82, 2.24) is 0 Å². The minimum absolute atomic E-state index is 0.861. The fourth-order valence-electron chi connectivity index (χ4n) is 2.70. The van der Waals surface area contributed by atoms with Crippen molar-refractivity contribution >= 4 is 32.9 Å². The lowest BCUT2D eigenvalue weighted by Gasteiger charge is -2.06. The first-order valence-corrected chi connectivity index (χ1v) is 7.29. The van der Waals surface area contributed by atoms with Crippen LogP contribution in [0.1, 0.15) is 0 Å². The van der Waals surface area contributed by atoms with E-state index in [1.54, 1.807) is 0 Å². The molecular weight excluding hydrogens is 268 g/mol. The van der Waals surface area contributed by atoms with E-state index in [-0.39, 0.29) is 0 Å². The van der Waals surface area contributed by atoms with E-state index in [4.69, 9.17) is 0 Å². The Labute approximate surface area is 128 Å². The molecule has 0 aliphatic heterocycles. The monoisotopic (exact) mass is 282 g/mol. The van der Waals surface area contributed by atoms with Crippen molar-refractivity contribution in [3.8, 4) is 0 Å². The molecule has 0 unspecified atom stereocenters. The van der Waals surface area contributed by atoms with Crippen LogP contribution in [0.5, 0.6) is 0 Å². The van der Waals surface area contributed by atoms with Crippen LogP contribution in [-0.4, -0.2) is 0 Å². The van der Waals surface area contributed by atoms with E-state index >= 15 is 0 Å². The molecule has 0 fully saturated rings. The highest BCUT2D eigenvalue weighted by Crippen LogP contribution is 2.35. The molecule has 2 nitrogen and oxygen atoms in total. The molecule has 104 valence electrons. The number of fused-ring (bicyclic) bond motifs is 2. The Morgan fingerprint density at radius 3 is 1.68 bits per heavy atom. The first-order valence-electron chi connectivity index (χ1n) is 7.29. The van der Waals surface area contributed by atoms with Crippen LogP contribution in [-0.2, 0) is 0 Å². The topological polar surface area (TPSA) is 24.7 Å². The predicted octanol–water partition coefficient (Wildman–Crippen LogP) is 6.41. The molecule has 0 saturated heterocycles. The third kappa shape index (κ3) is 2.25. The lowest BCUT2D eigenvalue weighted by atomic mass is 10.0. The summed E-state index contributed by atoms with van der Waals surface area (Å²) in [5.74, 6) is 0. The minimum Gasteiger partial charge on any atom is -0.151 e. The molecular formula is C20H14N2. The van der Waals surface area contributed by atoms with Crippen molar-refractivity contribution in [2.24, 2.45) is 10.2 Å². The van der Waals surface area contributed by atoms with Crippen LogP contribution in [0.2, 0.25) is 0 Å². The Balaban J connectivity index is 1.98. The van der Waals surface area contributed by atoms with Crippen LogP contribution in [0.15, 0.2) is 95.2 Å². The number of benzene rings is 4. The summed E-state index contributed by atoms with van der Waals surface area (Å²) in [5.41, 5.74) is 1.79. The van der Waals surface area contributed by atoms with Crippen LogP contribution in [0.3, 0.4) is 0 Å². The van der Waals surface area contributed by atoms with E-state index in [2.05, 4.69) is 52.7 Å². The summed E-state index contributed by atoms with van der Waals surface area (Å²) in [6, 6.07) is 28.6. The lowest BCUT2D eigenvalue weighted by Crippen LogP contribution is -1.78. The second kappa shape index (κ2) is 5.41. The average molecular weight is 282 g/mol. The summed E-state index contributed by atoms with van der Waals surface area (Å²) in [7, 11) is 0. The van der Waals surface area contributed by atoms with Crippen molar-refractivity contribution in [2.75, 3.05) is 0 Å². The Bertz CT molecular complexity index is 918.